The summed E-state index contributed by atoms with van der Waals surface area (Å²) < 4.78 is 4.47. The zero-order valence-electron chi connectivity index (χ0n) is 10.3. The predicted octanol–water partition coefficient (Wildman–Crippen LogP) is 0.420. The number of nitrogens with one attached hydrogen (secondary N) is 1. The highest BCUT2D eigenvalue weighted by Crippen LogP contribution is 2.03. The van der Waals surface area contributed by atoms with E-state index in [1.54, 1.807) is 6.92 Å². The first-order valence-corrected chi connectivity index (χ1v) is 5.56. The minimum atomic E-state index is -1.02. The van der Waals surface area contributed by atoms with E-state index in [2.05, 4.69) is 10.1 Å². The monoisotopic (exact) mass is 260 g/mol. The third kappa shape index (κ3) is 4.24. The largest absolute Gasteiger partial charge is 0.459 e. The van der Waals surface area contributed by atoms with Gasteiger partial charge in [-0.25, -0.2) is 4.79 Å². The molecular formula is C13H12N2O4. The Bertz CT molecular complexity index is 529. The highest BCUT2D eigenvalue weighted by atomic mass is 16.5. The number of ether oxygens (including phenoxy) is 1. The highest BCUT2D eigenvalue weighted by Gasteiger charge is 2.15. The molecule has 0 spiro atoms. The molecule has 1 amide bonds. The van der Waals surface area contributed by atoms with Gasteiger partial charge in [0, 0.05) is 5.56 Å². The van der Waals surface area contributed by atoms with E-state index >= 15 is 0 Å². The van der Waals surface area contributed by atoms with Crippen molar-refractivity contribution < 1.29 is 19.1 Å². The van der Waals surface area contributed by atoms with Crippen molar-refractivity contribution in [3.8, 4) is 6.07 Å². The van der Waals surface area contributed by atoms with E-state index in [0.717, 1.165) is 0 Å². The van der Waals surface area contributed by atoms with Crippen molar-refractivity contribution in [3.05, 3.63) is 35.4 Å². The van der Waals surface area contributed by atoms with Crippen molar-refractivity contribution in [1.82, 2.24) is 5.32 Å². The maximum atomic E-state index is 11.7. The molecule has 1 aromatic carbocycles. The molecule has 0 aromatic heterocycles. The van der Waals surface area contributed by atoms with E-state index in [4.69, 9.17) is 5.26 Å². The molecule has 6 heteroatoms. The van der Waals surface area contributed by atoms with E-state index in [9.17, 15) is 14.4 Å². The van der Waals surface area contributed by atoms with Crippen molar-refractivity contribution >= 4 is 17.7 Å². The molecule has 0 saturated carbocycles. The van der Waals surface area contributed by atoms with Gasteiger partial charge in [0.15, 0.2) is 5.78 Å². The highest BCUT2D eigenvalue weighted by molar-refractivity contribution is 6.32. The minimum absolute atomic E-state index is 0.0931. The molecule has 0 saturated heterocycles. The van der Waals surface area contributed by atoms with Crippen LogP contribution in [0.25, 0.3) is 0 Å². The van der Waals surface area contributed by atoms with Crippen LogP contribution in [-0.4, -0.2) is 30.8 Å². The van der Waals surface area contributed by atoms with Gasteiger partial charge in [0.05, 0.1) is 24.8 Å². The Balaban J connectivity index is 2.53. The van der Waals surface area contributed by atoms with Crippen LogP contribution in [-0.2, 0) is 14.3 Å². The van der Waals surface area contributed by atoms with E-state index in [1.165, 1.54) is 24.3 Å². The zero-order valence-corrected chi connectivity index (χ0v) is 10.3. The maximum Gasteiger partial charge on any atom is 0.396 e. The number of nitrogens with zero attached hydrogens (tertiary/aromatic N) is 1. The average Bonchev–Trinajstić information content (AvgIpc) is 2.44. The van der Waals surface area contributed by atoms with Gasteiger partial charge >= 0.3 is 11.9 Å². The summed E-state index contributed by atoms with van der Waals surface area (Å²) >= 11 is 0. The Labute approximate surface area is 110 Å². The van der Waals surface area contributed by atoms with Gasteiger partial charge in [0.2, 0.25) is 0 Å². The lowest BCUT2D eigenvalue weighted by Crippen LogP contribution is -2.36. The topological polar surface area (TPSA) is 96.3 Å². The first kappa shape index (κ1) is 14.4. The van der Waals surface area contributed by atoms with Crippen molar-refractivity contribution in [2.45, 2.75) is 6.92 Å². The molecule has 0 heterocycles. The molecule has 0 radical (unpaired) electrons. The van der Waals surface area contributed by atoms with Gasteiger partial charge in [-0.2, -0.15) is 5.26 Å². The lowest BCUT2D eigenvalue weighted by molar-refractivity contribution is -0.154. The van der Waals surface area contributed by atoms with Gasteiger partial charge in [0.25, 0.3) is 0 Å². The second-order valence-electron chi connectivity index (χ2n) is 3.52. The fourth-order valence-corrected chi connectivity index (χ4v) is 1.26. The van der Waals surface area contributed by atoms with Crippen LogP contribution in [0.4, 0.5) is 0 Å². The van der Waals surface area contributed by atoms with E-state index < -0.39 is 11.9 Å². The third-order valence-corrected chi connectivity index (χ3v) is 2.21. The van der Waals surface area contributed by atoms with Gasteiger partial charge in [-0.3, -0.25) is 9.59 Å². The van der Waals surface area contributed by atoms with Crippen molar-refractivity contribution in [2.75, 3.05) is 13.2 Å². The van der Waals surface area contributed by atoms with E-state index in [1.807, 2.05) is 6.07 Å². The quantitative estimate of drug-likeness (QED) is 0.481. The Hall–Kier alpha value is -2.68. The molecule has 19 heavy (non-hydrogen) atoms. The number of carbonyl (C=O) groups is 3. The molecule has 1 rings (SSSR count). The van der Waals surface area contributed by atoms with Gasteiger partial charge in [0.1, 0.15) is 0 Å². The average molecular weight is 260 g/mol. The Kier molecular flexibility index (Phi) is 5.23. The molecule has 0 atom stereocenters. The van der Waals surface area contributed by atoms with Crippen molar-refractivity contribution in [3.63, 3.8) is 0 Å². The van der Waals surface area contributed by atoms with Crippen LogP contribution in [0.1, 0.15) is 22.8 Å². The molecule has 0 fully saturated rings. The molecule has 0 aliphatic rings. The van der Waals surface area contributed by atoms with Gasteiger partial charge < -0.3 is 10.1 Å². The van der Waals surface area contributed by atoms with E-state index in [-0.39, 0.29) is 18.9 Å². The lowest BCUT2D eigenvalue weighted by Gasteiger charge is -2.04. The Morgan fingerprint density at radius 1 is 1.26 bits per heavy atom. The summed E-state index contributed by atoms with van der Waals surface area (Å²) in [7, 11) is 0. The first-order chi connectivity index (χ1) is 9.08. The second-order valence-corrected chi connectivity index (χ2v) is 3.52. The fraction of sp³-hybridized carbons (Fsp3) is 0.231. The SMILES string of the molecule is CCOC(=O)C(=O)NCC(=O)c1ccc(C#N)cc1. The summed E-state index contributed by atoms with van der Waals surface area (Å²) in [4.78, 5) is 33.9. The number of nitriles is 1. The summed E-state index contributed by atoms with van der Waals surface area (Å²) in [6, 6.07) is 7.90. The number of benzene rings is 1. The molecule has 0 unspecified atom stereocenters. The molecular weight excluding hydrogens is 248 g/mol. The summed E-state index contributed by atoms with van der Waals surface area (Å²) in [6.45, 7) is 1.37. The standard InChI is InChI=1S/C13H12N2O4/c1-2-19-13(18)12(17)15-8-11(16)10-5-3-9(7-14)4-6-10/h3-6H,2,8H2,1H3,(H,15,17). The molecule has 1 N–H and O–H groups in total. The lowest BCUT2D eigenvalue weighted by atomic mass is 10.1. The van der Waals surface area contributed by atoms with Crippen LogP contribution in [0.3, 0.4) is 0 Å². The zero-order chi connectivity index (χ0) is 14.3. The third-order valence-electron chi connectivity index (χ3n) is 2.21. The molecule has 1 aromatic rings. The van der Waals surface area contributed by atoms with Crippen molar-refractivity contribution in [1.29, 1.82) is 5.26 Å². The van der Waals surface area contributed by atoms with Crippen LogP contribution in [0.15, 0.2) is 24.3 Å². The molecule has 0 aliphatic carbocycles. The summed E-state index contributed by atoms with van der Waals surface area (Å²) in [6.07, 6.45) is 0. The maximum absolute atomic E-state index is 11.7. The number of ketones is 1. The summed E-state index contributed by atoms with van der Waals surface area (Å²) in [5.74, 6) is -2.33. The van der Waals surface area contributed by atoms with E-state index in [0.29, 0.717) is 11.1 Å². The normalized spacial score (nSPS) is 9.26. The van der Waals surface area contributed by atoms with Crippen molar-refractivity contribution in [2.24, 2.45) is 0 Å². The minimum Gasteiger partial charge on any atom is -0.459 e. The fourth-order valence-electron chi connectivity index (χ4n) is 1.26. The molecule has 98 valence electrons. The molecule has 0 aliphatic heterocycles. The number of rotatable bonds is 4. The number of carbonyl (C=O) groups excluding carboxylic acids is 3. The summed E-state index contributed by atoms with van der Waals surface area (Å²) in [5.41, 5.74) is 0.787. The first-order valence-electron chi connectivity index (χ1n) is 5.56. The van der Waals surface area contributed by atoms with Crippen LogP contribution in [0.5, 0.6) is 0 Å². The molecule has 6 nitrogen and oxygen atoms in total. The van der Waals surface area contributed by atoms with Crippen LogP contribution in [0, 0.1) is 11.3 Å². The van der Waals surface area contributed by atoms with Gasteiger partial charge in [-0.05, 0) is 19.1 Å². The Morgan fingerprint density at radius 2 is 1.89 bits per heavy atom. The number of hydrogen-bond donors (Lipinski definition) is 1. The van der Waals surface area contributed by atoms with Gasteiger partial charge in [-0.15, -0.1) is 0 Å². The Morgan fingerprint density at radius 3 is 2.42 bits per heavy atom. The number of amides is 1. The summed E-state index contributed by atoms with van der Waals surface area (Å²) in [5, 5.41) is 10.8. The van der Waals surface area contributed by atoms with Crippen LogP contribution >= 0.6 is 0 Å². The second kappa shape index (κ2) is 6.91. The van der Waals surface area contributed by atoms with Gasteiger partial charge in [-0.1, -0.05) is 12.1 Å². The van der Waals surface area contributed by atoms with Crippen LogP contribution < -0.4 is 5.32 Å². The van der Waals surface area contributed by atoms with Crippen LogP contribution in [0.2, 0.25) is 0 Å². The smallest absolute Gasteiger partial charge is 0.396 e. The molecule has 0 bridgehead atoms. The number of esters is 1. The number of hydrogen-bond acceptors (Lipinski definition) is 5. The predicted molar refractivity (Wildman–Crippen MR) is 65.1 cm³/mol. The number of Topliss-reactive ketones (excluding diaryl/α,β-unsaturated/α-hetero) is 1.